The summed E-state index contributed by atoms with van der Waals surface area (Å²) in [4.78, 5) is 31.6. The van der Waals surface area contributed by atoms with Crippen molar-refractivity contribution in [3.8, 4) is 11.3 Å². The SMILES string of the molecule is Cc1ccc(-c2cc(C(=O)Nc3sc4c(c3C(=O)NCc3cccnc3)CCCC4)no2)cc1C. The molecule has 0 unspecified atom stereocenters. The van der Waals surface area contributed by atoms with Crippen molar-refractivity contribution in [3.05, 3.63) is 87.2 Å². The van der Waals surface area contributed by atoms with Crippen LogP contribution in [-0.2, 0) is 19.4 Å². The van der Waals surface area contributed by atoms with Crippen LogP contribution in [0.5, 0.6) is 0 Å². The fourth-order valence-corrected chi connectivity index (χ4v) is 5.53. The van der Waals surface area contributed by atoms with Crippen LogP contribution in [0, 0.1) is 13.8 Å². The fraction of sp³-hybridized carbons (Fsp3) is 0.259. The molecular formula is C27H26N4O3S. The Kier molecular flexibility index (Phi) is 6.46. The predicted molar refractivity (Wildman–Crippen MR) is 136 cm³/mol. The molecule has 0 fully saturated rings. The molecule has 0 spiro atoms. The first-order chi connectivity index (χ1) is 17.0. The van der Waals surface area contributed by atoms with Gasteiger partial charge < -0.3 is 15.2 Å². The highest BCUT2D eigenvalue weighted by Crippen LogP contribution is 2.38. The zero-order valence-electron chi connectivity index (χ0n) is 19.7. The van der Waals surface area contributed by atoms with Gasteiger partial charge in [-0.3, -0.25) is 14.6 Å². The average molecular weight is 487 g/mol. The van der Waals surface area contributed by atoms with Gasteiger partial charge in [0.05, 0.1) is 5.56 Å². The number of fused-ring (bicyclic) bond motifs is 1. The molecular weight excluding hydrogens is 460 g/mol. The predicted octanol–water partition coefficient (Wildman–Crippen LogP) is 5.48. The molecule has 0 bridgehead atoms. The van der Waals surface area contributed by atoms with Crippen molar-refractivity contribution >= 4 is 28.2 Å². The highest BCUT2D eigenvalue weighted by atomic mass is 32.1. The second kappa shape index (κ2) is 9.84. The number of aryl methyl sites for hydroxylation is 3. The molecule has 4 aromatic rings. The Balaban J connectivity index is 1.37. The maximum atomic E-state index is 13.2. The summed E-state index contributed by atoms with van der Waals surface area (Å²) < 4.78 is 5.46. The van der Waals surface area contributed by atoms with E-state index < -0.39 is 5.91 Å². The molecule has 2 amide bonds. The van der Waals surface area contributed by atoms with E-state index in [-0.39, 0.29) is 11.6 Å². The lowest BCUT2D eigenvalue weighted by molar-refractivity contribution is 0.0951. The zero-order valence-corrected chi connectivity index (χ0v) is 20.5. The van der Waals surface area contributed by atoms with E-state index in [2.05, 4.69) is 20.8 Å². The van der Waals surface area contributed by atoms with Gasteiger partial charge in [0, 0.05) is 35.4 Å². The molecule has 0 radical (unpaired) electrons. The number of pyridine rings is 1. The lowest BCUT2D eigenvalue weighted by Gasteiger charge is -2.13. The number of thiophene rings is 1. The number of benzene rings is 1. The minimum atomic E-state index is -0.399. The number of carbonyl (C=O) groups excluding carboxylic acids is 2. The van der Waals surface area contributed by atoms with Crippen molar-refractivity contribution in [2.75, 3.05) is 5.32 Å². The van der Waals surface area contributed by atoms with Gasteiger partial charge in [-0.15, -0.1) is 11.3 Å². The Morgan fingerprint density at radius 2 is 1.91 bits per heavy atom. The number of nitrogens with one attached hydrogen (secondary N) is 2. The first kappa shape index (κ1) is 23.0. The van der Waals surface area contributed by atoms with Gasteiger partial charge in [0.15, 0.2) is 11.5 Å². The van der Waals surface area contributed by atoms with E-state index in [0.717, 1.165) is 52.8 Å². The van der Waals surface area contributed by atoms with E-state index in [9.17, 15) is 9.59 Å². The Morgan fingerprint density at radius 3 is 2.71 bits per heavy atom. The Hall–Kier alpha value is -3.78. The van der Waals surface area contributed by atoms with Gasteiger partial charge in [0.25, 0.3) is 11.8 Å². The number of hydrogen-bond acceptors (Lipinski definition) is 6. The molecule has 3 aromatic heterocycles. The monoisotopic (exact) mass is 486 g/mol. The van der Waals surface area contributed by atoms with Crippen molar-refractivity contribution < 1.29 is 14.1 Å². The molecule has 2 N–H and O–H groups in total. The van der Waals surface area contributed by atoms with Gasteiger partial charge in [-0.25, -0.2) is 0 Å². The summed E-state index contributed by atoms with van der Waals surface area (Å²) in [5.41, 5.74) is 5.86. The molecule has 0 atom stereocenters. The molecule has 1 aliphatic rings. The minimum Gasteiger partial charge on any atom is -0.355 e. The number of rotatable bonds is 6. The normalized spacial score (nSPS) is 12.7. The average Bonchev–Trinajstić information content (AvgIpc) is 3.50. The summed E-state index contributed by atoms with van der Waals surface area (Å²) in [6, 6.07) is 11.4. The van der Waals surface area contributed by atoms with Gasteiger partial charge in [0.2, 0.25) is 0 Å². The largest absolute Gasteiger partial charge is 0.355 e. The summed E-state index contributed by atoms with van der Waals surface area (Å²) in [6.45, 7) is 4.44. The van der Waals surface area contributed by atoms with E-state index in [1.54, 1.807) is 18.5 Å². The van der Waals surface area contributed by atoms with Crippen LogP contribution in [0.3, 0.4) is 0 Å². The van der Waals surface area contributed by atoms with Crippen LogP contribution in [0.15, 0.2) is 53.3 Å². The molecule has 0 aliphatic heterocycles. The van der Waals surface area contributed by atoms with E-state index in [0.29, 0.717) is 22.9 Å². The number of carbonyl (C=O) groups is 2. The standard InChI is InChI=1S/C27H26N4O3S/c1-16-9-10-19(12-17(16)2)22-13-21(31-34-22)25(32)30-27-24(20-7-3-4-8-23(20)35-27)26(33)29-15-18-6-5-11-28-14-18/h5-6,9-14H,3-4,7-8,15H2,1-2H3,(H,29,33)(H,30,32). The van der Waals surface area contributed by atoms with Crippen molar-refractivity contribution in [2.24, 2.45) is 0 Å². The number of hydrogen-bond donors (Lipinski definition) is 2. The van der Waals surface area contributed by atoms with Gasteiger partial charge in [-0.05, 0) is 73.9 Å². The molecule has 5 rings (SSSR count). The van der Waals surface area contributed by atoms with Gasteiger partial charge >= 0.3 is 0 Å². The van der Waals surface area contributed by atoms with Gasteiger partial charge in [-0.2, -0.15) is 0 Å². The Labute approximate surface area is 207 Å². The van der Waals surface area contributed by atoms with Crippen LogP contribution in [0.2, 0.25) is 0 Å². The third-order valence-corrected chi connectivity index (χ3v) is 7.54. The summed E-state index contributed by atoms with van der Waals surface area (Å²) >= 11 is 1.48. The summed E-state index contributed by atoms with van der Waals surface area (Å²) in [7, 11) is 0. The Bertz CT molecular complexity index is 1390. The van der Waals surface area contributed by atoms with Crippen LogP contribution in [-0.4, -0.2) is 22.0 Å². The third-order valence-electron chi connectivity index (χ3n) is 6.34. The second-order valence-corrected chi connectivity index (χ2v) is 9.89. The van der Waals surface area contributed by atoms with Crippen molar-refractivity contribution in [1.29, 1.82) is 0 Å². The van der Waals surface area contributed by atoms with Crippen LogP contribution in [0.4, 0.5) is 5.00 Å². The maximum Gasteiger partial charge on any atom is 0.278 e. The number of anilines is 1. The first-order valence-electron chi connectivity index (χ1n) is 11.7. The van der Waals surface area contributed by atoms with Crippen molar-refractivity contribution in [1.82, 2.24) is 15.5 Å². The van der Waals surface area contributed by atoms with Gasteiger partial charge in [-0.1, -0.05) is 23.4 Å². The smallest absolute Gasteiger partial charge is 0.278 e. The van der Waals surface area contributed by atoms with E-state index in [4.69, 9.17) is 4.52 Å². The number of amides is 2. The fourth-order valence-electron chi connectivity index (χ4n) is 4.25. The first-order valence-corrected chi connectivity index (χ1v) is 12.5. The van der Waals surface area contributed by atoms with E-state index in [1.165, 1.54) is 16.9 Å². The molecule has 0 saturated carbocycles. The molecule has 1 aromatic carbocycles. The maximum absolute atomic E-state index is 13.2. The van der Waals surface area contributed by atoms with Crippen LogP contribution < -0.4 is 10.6 Å². The molecule has 0 saturated heterocycles. The highest BCUT2D eigenvalue weighted by molar-refractivity contribution is 7.17. The lowest BCUT2D eigenvalue weighted by atomic mass is 9.95. The Morgan fingerprint density at radius 1 is 1.06 bits per heavy atom. The molecule has 178 valence electrons. The summed E-state index contributed by atoms with van der Waals surface area (Å²) in [5, 5.41) is 10.5. The quantitative estimate of drug-likeness (QED) is 0.376. The van der Waals surface area contributed by atoms with E-state index >= 15 is 0 Å². The molecule has 1 aliphatic carbocycles. The zero-order chi connectivity index (χ0) is 24.4. The lowest BCUT2D eigenvalue weighted by Crippen LogP contribution is -2.25. The molecule has 3 heterocycles. The van der Waals surface area contributed by atoms with Crippen molar-refractivity contribution in [3.63, 3.8) is 0 Å². The molecule has 7 nitrogen and oxygen atoms in total. The summed E-state index contributed by atoms with van der Waals surface area (Å²) in [5.74, 6) is -0.0681. The molecule has 8 heteroatoms. The number of nitrogens with zero attached hydrogens (tertiary/aromatic N) is 2. The van der Waals surface area contributed by atoms with Gasteiger partial charge in [0.1, 0.15) is 5.00 Å². The van der Waals surface area contributed by atoms with Crippen LogP contribution in [0.1, 0.15) is 60.8 Å². The highest BCUT2D eigenvalue weighted by Gasteiger charge is 2.27. The number of aromatic nitrogens is 2. The minimum absolute atomic E-state index is 0.173. The topological polar surface area (TPSA) is 97.1 Å². The van der Waals surface area contributed by atoms with Crippen LogP contribution >= 0.6 is 11.3 Å². The van der Waals surface area contributed by atoms with Crippen molar-refractivity contribution in [2.45, 2.75) is 46.1 Å². The summed E-state index contributed by atoms with van der Waals surface area (Å²) in [6.07, 6.45) is 7.29. The third kappa shape index (κ3) is 4.88. The van der Waals surface area contributed by atoms with Crippen LogP contribution in [0.25, 0.3) is 11.3 Å². The molecule has 35 heavy (non-hydrogen) atoms. The second-order valence-electron chi connectivity index (χ2n) is 8.79. The van der Waals surface area contributed by atoms with E-state index in [1.807, 2.05) is 44.2 Å².